The minimum absolute atomic E-state index is 0.305. The summed E-state index contributed by atoms with van der Waals surface area (Å²) in [5.41, 5.74) is 0. The van der Waals surface area contributed by atoms with Crippen LogP contribution in [0.15, 0.2) is 0 Å². The maximum absolute atomic E-state index is 11.9. The van der Waals surface area contributed by atoms with Crippen LogP contribution in [0.4, 0.5) is 13.2 Å². The van der Waals surface area contributed by atoms with Gasteiger partial charge in [-0.3, -0.25) is 0 Å². The lowest BCUT2D eigenvalue weighted by atomic mass is 10.0. The van der Waals surface area contributed by atoms with Crippen molar-refractivity contribution >= 4 is 15.9 Å². The zero-order valence-corrected chi connectivity index (χ0v) is 16.3. The first kappa shape index (κ1) is 23.3. The number of hydrogen-bond donors (Lipinski definition) is 0. The van der Waals surface area contributed by atoms with Gasteiger partial charge in [-0.25, -0.2) is 0 Å². The first-order chi connectivity index (χ1) is 11.1. The minimum Gasteiger partial charge on any atom is -0.171 e. The molecule has 0 atom stereocenters. The van der Waals surface area contributed by atoms with E-state index in [0.29, 0.717) is 6.42 Å². The van der Waals surface area contributed by atoms with E-state index in [1.165, 1.54) is 77.0 Å². The molecule has 0 aromatic carbocycles. The molecule has 0 aliphatic heterocycles. The van der Waals surface area contributed by atoms with Gasteiger partial charge in [-0.15, -0.1) is 0 Å². The predicted octanol–water partition coefficient (Wildman–Crippen LogP) is 8.58. The van der Waals surface area contributed by atoms with Gasteiger partial charge in [0, 0.05) is 11.8 Å². The van der Waals surface area contributed by atoms with E-state index in [9.17, 15) is 13.2 Å². The molecule has 0 aliphatic rings. The molecule has 0 N–H and O–H groups in total. The Bertz CT molecular complexity index is 229. The van der Waals surface area contributed by atoms with Crippen LogP contribution in [0.25, 0.3) is 0 Å². The van der Waals surface area contributed by atoms with Crippen molar-refractivity contribution in [3.8, 4) is 0 Å². The fraction of sp³-hybridized carbons (Fsp3) is 1.00. The summed E-state index contributed by atoms with van der Waals surface area (Å²) in [5.74, 6) is 0. The zero-order valence-electron chi connectivity index (χ0n) is 14.7. The fourth-order valence-electron chi connectivity index (χ4n) is 2.89. The highest BCUT2D eigenvalue weighted by Crippen LogP contribution is 2.23. The molecule has 0 amide bonds. The molecule has 23 heavy (non-hydrogen) atoms. The first-order valence-electron chi connectivity index (χ1n) is 9.69. The average Bonchev–Trinajstić information content (AvgIpc) is 2.49. The van der Waals surface area contributed by atoms with Gasteiger partial charge in [0.25, 0.3) is 0 Å². The molecular weight excluding hydrogens is 365 g/mol. The zero-order chi connectivity index (χ0) is 17.2. The SMILES string of the molecule is FC(F)(F)CCCCCCCCCCCCCCCCCCBr. The molecule has 0 rings (SSSR count). The van der Waals surface area contributed by atoms with Crippen molar-refractivity contribution < 1.29 is 13.2 Å². The van der Waals surface area contributed by atoms with Gasteiger partial charge in [-0.1, -0.05) is 106 Å². The van der Waals surface area contributed by atoms with Gasteiger partial charge in [0.1, 0.15) is 0 Å². The van der Waals surface area contributed by atoms with Gasteiger partial charge in [0.2, 0.25) is 0 Å². The maximum atomic E-state index is 11.9. The van der Waals surface area contributed by atoms with E-state index in [1.807, 2.05) is 0 Å². The Hall–Kier alpha value is 0.270. The van der Waals surface area contributed by atoms with Gasteiger partial charge in [-0.05, 0) is 12.8 Å². The third kappa shape index (κ3) is 22.3. The first-order valence-corrected chi connectivity index (χ1v) is 10.8. The Morgan fingerprint density at radius 1 is 0.435 bits per heavy atom. The normalized spacial score (nSPS) is 12.0. The van der Waals surface area contributed by atoms with Crippen LogP contribution >= 0.6 is 15.9 Å². The number of halogens is 4. The standard InChI is InChI=1S/C19H36BrF3/c20-18-16-14-12-10-8-6-4-2-1-3-5-7-9-11-13-15-17-19(21,22)23/h1-18H2. The van der Waals surface area contributed by atoms with E-state index >= 15 is 0 Å². The van der Waals surface area contributed by atoms with Gasteiger partial charge in [-0.2, -0.15) is 13.2 Å². The van der Waals surface area contributed by atoms with Crippen molar-refractivity contribution in [3.63, 3.8) is 0 Å². The monoisotopic (exact) mass is 400 g/mol. The quantitative estimate of drug-likeness (QED) is 0.169. The summed E-state index contributed by atoms with van der Waals surface area (Å²) in [6.45, 7) is 0. The highest BCUT2D eigenvalue weighted by atomic mass is 79.9. The predicted molar refractivity (Wildman–Crippen MR) is 98.3 cm³/mol. The summed E-state index contributed by atoms with van der Waals surface area (Å²) in [4.78, 5) is 0. The van der Waals surface area contributed by atoms with Crippen LogP contribution in [0.5, 0.6) is 0 Å². The summed E-state index contributed by atoms with van der Waals surface area (Å²) in [6, 6.07) is 0. The Labute approximate surface area is 150 Å². The Morgan fingerprint density at radius 2 is 0.696 bits per heavy atom. The number of alkyl halides is 4. The van der Waals surface area contributed by atoms with Crippen LogP contribution in [0.1, 0.15) is 109 Å². The largest absolute Gasteiger partial charge is 0.389 e. The second-order valence-corrected chi connectivity index (χ2v) is 7.50. The molecule has 0 saturated carbocycles. The van der Waals surface area contributed by atoms with Crippen LogP contribution in [-0.2, 0) is 0 Å². The lowest BCUT2D eigenvalue weighted by molar-refractivity contribution is -0.135. The molecule has 4 heteroatoms. The minimum atomic E-state index is -3.96. The molecule has 140 valence electrons. The van der Waals surface area contributed by atoms with Crippen LogP contribution in [-0.4, -0.2) is 11.5 Å². The van der Waals surface area contributed by atoms with E-state index in [4.69, 9.17) is 0 Å². The second-order valence-electron chi connectivity index (χ2n) is 6.71. The van der Waals surface area contributed by atoms with E-state index in [0.717, 1.165) is 24.6 Å². The van der Waals surface area contributed by atoms with Crippen LogP contribution in [0, 0.1) is 0 Å². The third-order valence-corrected chi connectivity index (χ3v) is 4.90. The number of unbranched alkanes of at least 4 members (excludes halogenated alkanes) is 15. The smallest absolute Gasteiger partial charge is 0.171 e. The Morgan fingerprint density at radius 3 is 0.957 bits per heavy atom. The van der Waals surface area contributed by atoms with E-state index in [-0.39, 0.29) is 0 Å². The number of hydrogen-bond acceptors (Lipinski definition) is 0. The van der Waals surface area contributed by atoms with E-state index in [1.54, 1.807) is 0 Å². The van der Waals surface area contributed by atoms with Gasteiger partial charge < -0.3 is 0 Å². The second kappa shape index (κ2) is 17.1. The third-order valence-electron chi connectivity index (χ3n) is 4.34. The van der Waals surface area contributed by atoms with Gasteiger partial charge in [0.05, 0.1) is 0 Å². The van der Waals surface area contributed by atoms with Crippen LogP contribution in [0.3, 0.4) is 0 Å². The maximum Gasteiger partial charge on any atom is 0.389 e. The van der Waals surface area contributed by atoms with Crippen molar-refractivity contribution in [1.29, 1.82) is 0 Å². The lowest BCUT2D eigenvalue weighted by Gasteiger charge is -2.05. The molecule has 0 aliphatic carbocycles. The van der Waals surface area contributed by atoms with Crippen molar-refractivity contribution in [3.05, 3.63) is 0 Å². The summed E-state index contributed by atoms with van der Waals surface area (Å²) >= 11 is 3.46. The fourth-order valence-corrected chi connectivity index (χ4v) is 3.29. The lowest BCUT2D eigenvalue weighted by Crippen LogP contribution is -2.06. The van der Waals surface area contributed by atoms with E-state index in [2.05, 4.69) is 15.9 Å². The molecule has 0 heterocycles. The summed E-state index contributed by atoms with van der Waals surface area (Å²) < 4.78 is 35.8. The van der Waals surface area contributed by atoms with Gasteiger partial charge in [0.15, 0.2) is 0 Å². The Kier molecular flexibility index (Phi) is 17.3. The van der Waals surface area contributed by atoms with Crippen molar-refractivity contribution in [2.24, 2.45) is 0 Å². The summed E-state index contributed by atoms with van der Waals surface area (Å²) in [5, 5.41) is 1.14. The molecule has 0 bridgehead atoms. The molecule has 0 nitrogen and oxygen atoms in total. The van der Waals surface area contributed by atoms with Crippen molar-refractivity contribution in [2.75, 3.05) is 5.33 Å². The Balaban J connectivity index is 3.00. The molecule has 0 aromatic heterocycles. The van der Waals surface area contributed by atoms with Crippen molar-refractivity contribution in [1.82, 2.24) is 0 Å². The molecule has 0 unspecified atom stereocenters. The van der Waals surface area contributed by atoms with Gasteiger partial charge >= 0.3 is 6.18 Å². The highest BCUT2D eigenvalue weighted by Gasteiger charge is 2.25. The van der Waals surface area contributed by atoms with Crippen LogP contribution in [0.2, 0.25) is 0 Å². The highest BCUT2D eigenvalue weighted by molar-refractivity contribution is 9.09. The molecule has 0 aromatic rings. The molecule has 0 spiro atoms. The molecular formula is C19H36BrF3. The summed E-state index contributed by atoms with van der Waals surface area (Å²) in [7, 11) is 0. The van der Waals surface area contributed by atoms with Crippen molar-refractivity contribution in [2.45, 2.75) is 115 Å². The summed E-state index contributed by atoms with van der Waals surface area (Å²) in [6.07, 6.45) is 14.6. The number of rotatable bonds is 17. The topological polar surface area (TPSA) is 0 Å². The molecule has 0 radical (unpaired) electrons. The van der Waals surface area contributed by atoms with Crippen LogP contribution < -0.4 is 0 Å². The van der Waals surface area contributed by atoms with E-state index < -0.39 is 12.6 Å². The molecule has 0 fully saturated rings. The average molecular weight is 401 g/mol. The molecule has 0 saturated heterocycles.